The number of benzene rings is 2. The number of ether oxygens (including phenoxy) is 1. The lowest BCUT2D eigenvalue weighted by Crippen LogP contribution is -2.23. The first kappa shape index (κ1) is 20.8. The van der Waals surface area contributed by atoms with E-state index in [4.69, 9.17) is 47.7 Å². The molecule has 0 aliphatic rings. The van der Waals surface area contributed by atoms with Crippen molar-refractivity contribution in [2.45, 2.75) is 6.04 Å². The molecule has 0 heterocycles. The maximum atomic E-state index is 9.10. The summed E-state index contributed by atoms with van der Waals surface area (Å²) in [6, 6.07) is 15.6. The molecule has 0 fully saturated rings. The predicted molar refractivity (Wildman–Crippen MR) is 95.5 cm³/mol. The summed E-state index contributed by atoms with van der Waals surface area (Å²) in [5, 5.41) is 19.0. The van der Waals surface area contributed by atoms with Gasteiger partial charge >= 0.3 is 11.9 Å². The normalized spacial score (nSPS) is 11.0. The lowest BCUT2D eigenvalue weighted by atomic mass is 10.1. The van der Waals surface area contributed by atoms with Gasteiger partial charge in [-0.3, -0.25) is 0 Å². The van der Waals surface area contributed by atoms with Crippen molar-refractivity contribution in [3.05, 3.63) is 64.1 Å². The highest BCUT2D eigenvalue weighted by Crippen LogP contribution is 2.32. The zero-order chi connectivity index (χ0) is 18.8. The molecule has 0 aromatic heterocycles. The SMILES string of the molecule is CN[C@H](COc1cccc(Cl)c1Cl)c1ccccc1.O=C(O)C(=O)O. The second-order valence-electron chi connectivity index (χ2n) is 4.73. The van der Waals surface area contributed by atoms with Gasteiger partial charge in [0.25, 0.3) is 0 Å². The standard InChI is InChI=1S/C15H15Cl2NO.C2H2O4/c1-18-13(11-6-3-2-4-7-11)10-19-14-9-5-8-12(16)15(14)17;3-1(4)2(5)6/h2-9,13,18H,10H2,1H3;(H,3,4)(H,5,6)/t13-;/m1./s1. The third-order valence-corrected chi connectivity index (χ3v) is 3.86. The Morgan fingerprint density at radius 1 is 1.04 bits per heavy atom. The lowest BCUT2D eigenvalue weighted by Gasteiger charge is -2.18. The first-order valence-electron chi connectivity index (χ1n) is 7.12. The zero-order valence-electron chi connectivity index (χ0n) is 13.3. The number of rotatable bonds is 5. The van der Waals surface area contributed by atoms with Gasteiger partial charge in [0, 0.05) is 0 Å². The fraction of sp³-hybridized carbons (Fsp3) is 0.176. The fourth-order valence-electron chi connectivity index (χ4n) is 1.80. The van der Waals surface area contributed by atoms with E-state index in [9.17, 15) is 0 Å². The number of hydrogen-bond acceptors (Lipinski definition) is 4. The summed E-state index contributed by atoms with van der Waals surface area (Å²) >= 11 is 12.0. The summed E-state index contributed by atoms with van der Waals surface area (Å²) < 4.78 is 5.75. The molecular weight excluding hydrogens is 369 g/mol. The van der Waals surface area contributed by atoms with Crippen molar-refractivity contribution in [1.82, 2.24) is 5.32 Å². The van der Waals surface area contributed by atoms with Crippen LogP contribution in [0.25, 0.3) is 0 Å². The van der Waals surface area contributed by atoms with Gasteiger partial charge in [0.15, 0.2) is 0 Å². The highest BCUT2D eigenvalue weighted by molar-refractivity contribution is 6.42. The van der Waals surface area contributed by atoms with Crippen LogP contribution >= 0.6 is 23.2 Å². The number of carbonyl (C=O) groups is 2. The van der Waals surface area contributed by atoms with Gasteiger partial charge in [-0.25, -0.2) is 9.59 Å². The van der Waals surface area contributed by atoms with Crippen LogP contribution in [0.3, 0.4) is 0 Å². The Morgan fingerprint density at radius 3 is 2.16 bits per heavy atom. The third kappa shape index (κ3) is 7.01. The number of halogens is 2. The molecule has 25 heavy (non-hydrogen) atoms. The molecule has 0 aliphatic heterocycles. The Balaban J connectivity index is 0.000000450. The largest absolute Gasteiger partial charge is 0.490 e. The molecule has 6 nitrogen and oxygen atoms in total. The van der Waals surface area contributed by atoms with Crippen LogP contribution in [0, 0.1) is 0 Å². The second kappa shape index (κ2) is 10.6. The molecule has 3 N–H and O–H groups in total. The van der Waals surface area contributed by atoms with Gasteiger partial charge in [0.1, 0.15) is 17.4 Å². The second-order valence-corrected chi connectivity index (χ2v) is 5.51. The van der Waals surface area contributed by atoms with Crippen LogP contribution < -0.4 is 10.1 Å². The molecular formula is C17H17Cl2NO5. The molecule has 1 atom stereocenters. The Hall–Kier alpha value is -2.28. The van der Waals surface area contributed by atoms with Crippen molar-refractivity contribution in [3.8, 4) is 5.75 Å². The molecule has 0 spiro atoms. The van der Waals surface area contributed by atoms with Gasteiger partial charge in [-0.05, 0) is 24.7 Å². The fourth-order valence-corrected chi connectivity index (χ4v) is 2.15. The van der Waals surface area contributed by atoms with Crippen molar-refractivity contribution in [2.24, 2.45) is 0 Å². The monoisotopic (exact) mass is 385 g/mol. The molecule has 8 heteroatoms. The molecule has 2 aromatic carbocycles. The molecule has 134 valence electrons. The minimum atomic E-state index is -1.82. The minimum Gasteiger partial charge on any atom is -0.490 e. The Labute approximate surface area is 155 Å². The van der Waals surface area contributed by atoms with Gasteiger partial charge in [-0.15, -0.1) is 0 Å². The highest BCUT2D eigenvalue weighted by atomic mass is 35.5. The smallest absolute Gasteiger partial charge is 0.414 e. The number of aliphatic carboxylic acids is 2. The van der Waals surface area contributed by atoms with E-state index in [1.807, 2.05) is 37.4 Å². The summed E-state index contributed by atoms with van der Waals surface area (Å²) in [6.07, 6.45) is 0. The van der Waals surface area contributed by atoms with Crippen molar-refractivity contribution >= 4 is 35.1 Å². The number of carboxylic acid groups (broad SMARTS) is 2. The zero-order valence-corrected chi connectivity index (χ0v) is 14.8. The van der Waals surface area contributed by atoms with Crippen LogP contribution in [0.2, 0.25) is 10.0 Å². The average molecular weight is 386 g/mol. The Bertz CT molecular complexity index is 697. The molecule has 0 unspecified atom stereocenters. The quantitative estimate of drug-likeness (QED) is 0.681. The van der Waals surface area contributed by atoms with Crippen molar-refractivity contribution in [3.63, 3.8) is 0 Å². The highest BCUT2D eigenvalue weighted by Gasteiger charge is 2.11. The van der Waals surface area contributed by atoms with Crippen LogP contribution in [0.4, 0.5) is 0 Å². The van der Waals surface area contributed by atoms with E-state index in [0.717, 1.165) is 0 Å². The van der Waals surface area contributed by atoms with Crippen molar-refractivity contribution in [2.75, 3.05) is 13.7 Å². The van der Waals surface area contributed by atoms with Crippen LogP contribution in [-0.4, -0.2) is 35.8 Å². The Kier molecular flexibility index (Phi) is 8.77. The number of carboxylic acids is 2. The average Bonchev–Trinajstić information content (AvgIpc) is 2.60. The van der Waals surface area contributed by atoms with E-state index in [2.05, 4.69) is 17.4 Å². The molecule has 0 saturated heterocycles. The van der Waals surface area contributed by atoms with Crippen LogP contribution in [0.1, 0.15) is 11.6 Å². The minimum absolute atomic E-state index is 0.108. The Morgan fingerprint density at radius 2 is 1.64 bits per heavy atom. The van der Waals surface area contributed by atoms with Crippen LogP contribution in [0.15, 0.2) is 48.5 Å². The summed E-state index contributed by atoms with van der Waals surface area (Å²) in [6.45, 7) is 0.487. The molecule has 0 aliphatic carbocycles. The molecule has 0 radical (unpaired) electrons. The third-order valence-electron chi connectivity index (χ3n) is 3.06. The van der Waals surface area contributed by atoms with Gasteiger partial charge in [-0.1, -0.05) is 59.6 Å². The number of nitrogens with one attached hydrogen (secondary N) is 1. The van der Waals surface area contributed by atoms with Gasteiger partial charge in [0.2, 0.25) is 0 Å². The summed E-state index contributed by atoms with van der Waals surface area (Å²) in [4.78, 5) is 18.2. The topological polar surface area (TPSA) is 95.9 Å². The molecule has 0 amide bonds. The van der Waals surface area contributed by atoms with E-state index in [1.54, 1.807) is 6.07 Å². The van der Waals surface area contributed by atoms with E-state index >= 15 is 0 Å². The number of hydrogen-bond donors (Lipinski definition) is 3. The predicted octanol–water partition coefficient (Wildman–Crippen LogP) is 3.49. The maximum absolute atomic E-state index is 9.10. The van der Waals surface area contributed by atoms with Gasteiger partial charge in [-0.2, -0.15) is 0 Å². The molecule has 0 saturated carbocycles. The van der Waals surface area contributed by atoms with E-state index < -0.39 is 11.9 Å². The lowest BCUT2D eigenvalue weighted by molar-refractivity contribution is -0.159. The summed E-state index contributed by atoms with van der Waals surface area (Å²) in [5.74, 6) is -3.05. The first-order chi connectivity index (χ1) is 11.9. The van der Waals surface area contributed by atoms with E-state index in [0.29, 0.717) is 22.4 Å². The maximum Gasteiger partial charge on any atom is 0.414 e. The van der Waals surface area contributed by atoms with Gasteiger partial charge in [0.05, 0.1) is 11.1 Å². The van der Waals surface area contributed by atoms with Crippen LogP contribution in [-0.2, 0) is 9.59 Å². The van der Waals surface area contributed by atoms with E-state index in [-0.39, 0.29) is 6.04 Å². The first-order valence-corrected chi connectivity index (χ1v) is 7.87. The van der Waals surface area contributed by atoms with Crippen molar-refractivity contribution < 1.29 is 24.5 Å². The molecule has 2 aromatic rings. The van der Waals surface area contributed by atoms with E-state index in [1.165, 1.54) is 5.56 Å². The van der Waals surface area contributed by atoms with Gasteiger partial charge < -0.3 is 20.3 Å². The molecule has 0 bridgehead atoms. The van der Waals surface area contributed by atoms with Crippen molar-refractivity contribution in [1.29, 1.82) is 0 Å². The number of likely N-dealkylation sites (N-methyl/N-ethyl adjacent to an activating group) is 1. The van der Waals surface area contributed by atoms with Crippen LogP contribution in [0.5, 0.6) is 5.75 Å². The summed E-state index contributed by atoms with van der Waals surface area (Å²) in [7, 11) is 1.90. The summed E-state index contributed by atoms with van der Waals surface area (Å²) in [5.41, 5.74) is 1.17. The molecule has 2 rings (SSSR count).